The zero-order chi connectivity index (χ0) is 15.2. The summed E-state index contributed by atoms with van der Waals surface area (Å²) in [5, 5.41) is 0.851. The van der Waals surface area contributed by atoms with Crippen LogP contribution in [-0.4, -0.2) is 24.6 Å². The molecule has 0 radical (unpaired) electrons. The van der Waals surface area contributed by atoms with Crippen molar-refractivity contribution < 1.29 is 4.55 Å². The predicted octanol–water partition coefficient (Wildman–Crippen LogP) is 3.02. The third kappa shape index (κ3) is 4.74. The van der Waals surface area contributed by atoms with Gasteiger partial charge in [-0.3, -0.25) is 4.98 Å². The first kappa shape index (κ1) is 16.4. The number of nitrogens with zero attached hydrogens (tertiary/aromatic N) is 3. The van der Waals surface area contributed by atoms with Crippen LogP contribution in [0.4, 0.5) is 0 Å². The number of hydrogen-bond donors (Lipinski definition) is 1. The van der Waals surface area contributed by atoms with Crippen molar-refractivity contribution in [1.82, 2.24) is 19.1 Å². The minimum atomic E-state index is -1.01. The molecule has 0 bridgehead atoms. The molecule has 2 aromatic rings. The van der Waals surface area contributed by atoms with E-state index in [-0.39, 0.29) is 6.04 Å². The molecule has 0 aliphatic rings. The molecule has 0 amide bonds. The molecule has 2 atom stereocenters. The van der Waals surface area contributed by atoms with Crippen molar-refractivity contribution in [2.24, 2.45) is 0 Å². The van der Waals surface area contributed by atoms with Gasteiger partial charge in [0.15, 0.2) is 5.82 Å². The fourth-order valence-corrected chi connectivity index (χ4v) is 3.71. The molecule has 2 rings (SSSR count). The van der Waals surface area contributed by atoms with Crippen molar-refractivity contribution >= 4 is 22.9 Å². The minimum absolute atomic E-state index is 0.0585. The molecular formula is C14H20N4OS2. The second-order valence-electron chi connectivity index (χ2n) is 4.88. The lowest BCUT2D eigenvalue weighted by Crippen LogP contribution is -2.29. The summed E-state index contributed by atoms with van der Waals surface area (Å²) in [6, 6.07) is 3.80. The Morgan fingerprint density at radius 1 is 1.48 bits per heavy atom. The molecule has 0 aliphatic carbocycles. The van der Waals surface area contributed by atoms with Gasteiger partial charge in [0.2, 0.25) is 0 Å². The summed E-state index contributed by atoms with van der Waals surface area (Å²) < 4.78 is 19.3. The monoisotopic (exact) mass is 324 g/mol. The standard InChI is InChI=1S/C14H20N4OS2/c1-4-5-8-21(19)18-11(3)14-16-13(17-20-14)12-6-7-15-10(2)9-12/h6-7,9,11,18H,4-5,8H2,1-3H3/t11-,21?/m1/s1. The first-order chi connectivity index (χ1) is 10.1. The van der Waals surface area contributed by atoms with Crippen LogP contribution in [-0.2, 0) is 11.4 Å². The van der Waals surface area contributed by atoms with Crippen molar-refractivity contribution in [1.29, 1.82) is 0 Å². The molecule has 1 unspecified atom stereocenters. The van der Waals surface area contributed by atoms with Crippen molar-refractivity contribution in [3.05, 3.63) is 29.0 Å². The maximum Gasteiger partial charge on any atom is 0.173 e. The van der Waals surface area contributed by atoms with Gasteiger partial charge in [0.05, 0.1) is 0 Å². The molecule has 0 saturated carbocycles. The van der Waals surface area contributed by atoms with Crippen molar-refractivity contribution in [2.75, 3.05) is 5.75 Å². The second kappa shape index (κ2) is 7.84. The summed E-state index contributed by atoms with van der Waals surface area (Å²) in [4.78, 5) is 8.71. The normalized spacial score (nSPS) is 14.1. The smallest absolute Gasteiger partial charge is 0.173 e. The van der Waals surface area contributed by atoms with Crippen LogP contribution in [0.3, 0.4) is 0 Å². The Bertz CT molecular complexity index is 576. The van der Waals surface area contributed by atoms with Gasteiger partial charge >= 0.3 is 0 Å². The Balaban J connectivity index is 2.02. The predicted molar refractivity (Wildman–Crippen MR) is 87.3 cm³/mol. The van der Waals surface area contributed by atoms with Crippen LogP contribution in [0.25, 0.3) is 11.4 Å². The number of pyridine rings is 1. The van der Waals surface area contributed by atoms with E-state index in [0.29, 0.717) is 11.6 Å². The molecule has 7 heteroatoms. The minimum Gasteiger partial charge on any atom is -0.598 e. The van der Waals surface area contributed by atoms with Crippen LogP contribution in [0.1, 0.15) is 43.4 Å². The average Bonchev–Trinajstić information content (AvgIpc) is 2.95. The van der Waals surface area contributed by atoms with Crippen LogP contribution < -0.4 is 4.72 Å². The lowest BCUT2D eigenvalue weighted by Gasteiger charge is -2.14. The van der Waals surface area contributed by atoms with E-state index >= 15 is 0 Å². The van der Waals surface area contributed by atoms with E-state index < -0.39 is 11.4 Å². The Labute approximate surface area is 132 Å². The van der Waals surface area contributed by atoms with Crippen LogP contribution in [0.2, 0.25) is 0 Å². The van der Waals surface area contributed by atoms with Crippen LogP contribution in [0.5, 0.6) is 0 Å². The van der Waals surface area contributed by atoms with E-state index in [2.05, 4.69) is 26.0 Å². The molecule has 21 heavy (non-hydrogen) atoms. The summed E-state index contributed by atoms with van der Waals surface area (Å²) in [5.41, 5.74) is 1.90. The SMILES string of the molecule is CCCC[S+]([O-])N[C@H](C)c1nc(-c2ccnc(C)c2)ns1. The van der Waals surface area contributed by atoms with Crippen molar-refractivity contribution in [3.63, 3.8) is 0 Å². The highest BCUT2D eigenvalue weighted by molar-refractivity contribution is 7.89. The Morgan fingerprint density at radius 3 is 3.00 bits per heavy atom. The summed E-state index contributed by atoms with van der Waals surface area (Å²) in [6.07, 6.45) is 3.77. The van der Waals surface area contributed by atoms with Gasteiger partial charge in [0.1, 0.15) is 16.8 Å². The highest BCUT2D eigenvalue weighted by Gasteiger charge is 2.18. The van der Waals surface area contributed by atoms with Gasteiger partial charge in [0, 0.05) is 28.8 Å². The van der Waals surface area contributed by atoms with Crippen LogP contribution >= 0.6 is 11.5 Å². The fourth-order valence-electron chi connectivity index (χ4n) is 1.79. The Hall–Kier alpha value is -1.02. The van der Waals surface area contributed by atoms with E-state index in [1.165, 1.54) is 11.5 Å². The molecule has 0 saturated heterocycles. The number of unbranched alkanes of at least 4 members (excludes halogenated alkanes) is 1. The molecule has 1 N–H and O–H groups in total. The maximum absolute atomic E-state index is 11.9. The largest absolute Gasteiger partial charge is 0.598 e. The highest BCUT2D eigenvalue weighted by Crippen LogP contribution is 2.22. The van der Waals surface area contributed by atoms with E-state index in [9.17, 15) is 4.55 Å². The van der Waals surface area contributed by atoms with Gasteiger partial charge in [-0.1, -0.05) is 13.3 Å². The van der Waals surface area contributed by atoms with Gasteiger partial charge in [-0.05, 0) is 43.9 Å². The highest BCUT2D eigenvalue weighted by atomic mass is 32.2. The van der Waals surface area contributed by atoms with Crippen molar-refractivity contribution in [3.8, 4) is 11.4 Å². The first-order valence-corrected chi connectivity index (χ1v) is 9.10. The molecule has 2 heterocycles. The third-order valence-electron chi connectivity index (χ3n) is 2.96. The molecule has 0 aliphatic heterocycles. The van der Waals surface area contributed by atoms with E-state index in [1.54, 1.807) is 6.20 Å². The van der Waals surface area contributed by atoms with Gasteiger partial charge in [0.25, 0.3) is 0 Å². The Morgan fingerprint density at radius 2 is 2.29 bits per heavy atom. The number of aryl methyl sites for hydroxylation is 1. The first-order valence-electron chi connectivity index (χ1n) is 7.01. The van der Waals surface area contributed by atoms with Gasteiger partial charge in [-0.2, -0.15) is 4.37 Å². The lowest BCUT2D eigenvalue weighted by atomic mass is 10.2. The second-order valence-corrected chi connectivity index (χ2v) is 7.00. The zero-order valence-corrected chi connectivity index (χ0v) is 14.1. The zero-order valence-electron chi connectivity index (χ0n) is 12.5. The quantitative estimate of drug-likeness (QED) is 0.793. The fraction of sp³-hybridized carbons (Fsp3) is 0.500. The van der Waals surface area contributed by atoms with E-state index in [4.69, 9.17) is 0 Å². The third-order valence-corrected chi connectivity index (χ3v) is 5.13. The molecule has 114 valence electrons. The average molecular weight is 324 g/mol. The number of hydrogen-bond acceptors (Lipinski definition) is 6. The van der Waals surface area contributed by atoms with Gasteiger partial charge < -0.3 is 4.55 Å². The summed E-state index contributed by atoms with van der Waals surface area (Å²) in [5.74, 6) is 1.38. The van der Waals surface area contributed by atoms with E-state index in [0.717, 1.165) is 29.1 Å². The summed E-state index contributed by atoms with van der Waals surface area (Å²) >= 11 is 0.335. The molecule has 2 aromatic heterocycles. The van der Waals surface area contributed by atoms with Crippen LogP contribution in [0, 0.1) is 6.92 Å². The molecule has 0 spiro atoms. The Kier molecular flexibility index (Phi) is 6.10. The molecule has 5 nitrogen and oxygen atoms in total. The van der Waals surface area contributed by atoms with Gasteiger partial charge in [-0.15, -0.1) is 4.72 Å². The van der Waals surface area contributed by atoms with Crippen molar-refractivity contribution in [2.45, 2.75) is 39.7 Å². The number of nitrogens with one attached hydrogen (secondary N) is 1. The lowest BCUT2D eigenvalue weighted by molar-refractivity contribution is 0.562. The number of rotatable bonds is 7. The molecule has 0 fully saturated rings. The molecule has 0 aromatic carbocycles. The summed E-state index contributed by atoms with van der Waals surface area (Å²) in [7, 11) is 0. The van der Waals surface area contributed by atoms with Crippen LogP contribution in [0.15, 0.2) is 18.3 Å². The summed E-state index contributed by atoms with van der Waals surface area (Å²) in [6.45, 7) is 6.00. The van der Waals surface area contributed by atoms with E-state index in [1.807, 2.05) is 26.0 Å². The topological polar surface area (TPSA) is 73.8 Å². The molecular weight excluding hydrogens is 304 g/mol. The maximum atomic E-state index is 11.9. The van der Waals surface area contributed by atoms with Gasteiger partial charge in [-0.25, -0.2) is 4.98 Å². The number of aromatic nitrogens is 3.